The van der Waals surface area contributed by atoms with E-state index in [1.807, 2.05) is 38.4 Å². The van der Waals surface area contributed by atoms with Crippen molar-refractivity contribution >= 4 is 34.6 Å². The molecule has 0 heterocycles. The molecule has 0 bridgehead atoms. The molecule has 1 unspecified atom stereocenters. The van der Waals surface area contributed by atoms with Crippen LogP contribution >= 0.6 is 23.2 Å². The molecule has 4 heteroatoms. The Balaban J connectivity index is 1.91. The molecule has 1 aliphatic carbocycles. The number of halogens is 2. The summed E-state index contributed by atoms with van der Waals surface area (Å²) in [6, 6.07) is 12.4. The first-order valence-electron chi connectivity index (χ1n) is 7.06. The third-order valence-corrected chi connectivity index (χ3v) is 4.42. The van der Waals surface area contributed by atoms with Crippen LogP contribution in [0.15, 0.2) is 36.4 Å². The van der Waals surface area contributed by atoms with Crippen molar-refractivity contribution < 1.29 is 0 Å². The molecule has 2 nitrogen and oxygen atoms in total. The summed E-state index contributed by atoms with van der Waals surface area (Å²) in [5.41, 5.74) is 4.89. The van der Waals surface area contributed by atoms with Gasteiger partial charge in [-0.25, -0.2) is 0 Å². The standard InChI is InChI=1S/C17H18Cl2N2/c1-21(2)17-8-5-13(19)10-16(17)20-15-7-3-11-9-12(18)4-6-14(11)15/h4-6,8-10,15,20H,3,7H2,1-2H3. The van der Waals surface area contributed by atoms with E-state index in [0.717, 1.165) is 34.3 Å². The van der Waals surface area contributed by atoms with E-state index in [1.165, 1.54) is 11.1 Å². The van der Waals surface area contributed by atoms with Crippen molar-refractivity contribution in [1.82, 2.24) is 0 Å². The van der Waals surface area contributed by atoms with E-state index in [2.05, 4.69) is 22.3 Å². The van der Waals surface area contributed by atoms with Crippen LogP contribution in [0, 0.1) is 0 Å². The van der Waals surface area contributed by atoms with E-state index >= 15 is 0 Å². The van der Waals surface area contributed by atoms with Gasteiger partial charge in [-0.2, -0.15) is 0 Å². The minimum atomic E-state index is 0.314. The lowest BCUT2D eigenvalue weighted by Gasteiger charge is -2.22. The van der Waals surface area contributed by atoms with E-state index in [1.54, 1.807) is 0 Å². The third-order valence-electron chi connectivity index (χ3n) is 3.95. The van der Waals surface area contributed by atoms with E-state index < -0.39 is 0 Å². The maximum Gasteiger partial charge on any atom is 0.0598 e. The van der Waals surface area contributed by atoms with Gasteiger partial charge in [-0.15, -0.1) is 0 Å². The van der Waals surface area contributed by atoms with Gasteiger partial charge < -0.3 is 10.2 Å². The zero-order valence-corrected chi connectivity index (χ0v) is 13.7. The van der Waals surface area contributed by atoms with Gasteiger partial charge in [-0.1, -0.05) is 29.3 Å². The number of nitrogens with one attached hydrogen (secondary N) is 1. The van der Waals surface area contributed by atoms with Crippen LogP contribution in [0.2, 0.25) is 10.0 Å². The first-order valence-corrected chi connectivity index (χ1v) is 7.82. The Kier molecular flexibility index (Phi) is 4.01. The van der Waals surface area contributed by atoms with E-state index in [9.17, 15) is 0 Å². The molecule has 0 saturated heterocycles. The largest absolute Gasteiger partial charge is 0.377 e. The summed E-state index contributed by atoms with van der Waals surface area (Å²) in [5.74, 6) is 0. The molecule has 0 fully saturated rings. The molecular weight excluding hydrogens is 303 g/mol. The van der Waals surface area contributed by atoms with Crippen molar-refractivity contribution in [1.29, 1.82) is 0 Å². The van der Waals surface area contributed by atoms with Crippen LogP contribution in [-0.4, -0.2) is 14.1 Å². The predicted octanol–water partition coefficient (Wildman–Crippen LogP) is 5.16. The molecule has 3 rings (SSSR count). The lowest BCUT2D eigenvalue weighted by Crippen LogP contribution is -2.14. The van der Waals surface area contributed by atoms with Crippen LogP contribution in [0.4, 0.5) is 11.4 Å². The van der Waals surface area contributed by atoms with E-state index in [0.29, 0.717) is 6.04 Å². The SMILES string of the molecule is CN(C)c1ccc(Cl)cc1NC1CCc2cc(Cl)ccc21. The van der Waals surface area contributed by atoms with Crippen LogP contribution in [0.5, 0.6) is 0 Å². The fourth-order valence-electron chi connectivity index (χ4n) is 2.94. The summed E-state index contributed by atoms with van der Waals surface area (Å²) in [4.78, 5) is 2.09. The molecule has 2 aromatic carbocycles. The number of aryl methyl sites for hydroxylation is 1. The Bertz CT molecular complexity index is 668. The van der Waals surface area contributed by atoms with Crippen molar-refractivity contribution in [2.45, 2.75) is 18.9 Å². The second-order valence-electron chi connectivity index (χ2n) is 5.63. The molecule has 0 spiro atoms. The Labute approximate surface area is 135 Å². The van der Waals surface area contributed by atoms with Crippen LogP contribution in [0.25, 0.3) is 0 Å². The van der Waals surface area contributed by atoms with Gasteiger partial charge in [-0.05, 0) is 54.3 Å². The fraction of sp³-hybridized carbons (Fsp3) is 0.294. The topological polar surface area (TPSA) is 15.3 Å². The lowest BCUT2D eigenvalue weighted by atomic mass is 10.1. The molecule has 110 valence electrons. The van der Waals surface area contributed by atoms with Gasteiger partial charge in [0.05, 0.1) is 17.4 Å². The van der Waals surface area contributed by atoms with Crippen LogP contribution in [0.1, 0.15) is 23.6 Å². The summed E-state index contributed by atoms with van der Waals surface area (Å²) < 4.78 is 0. The highest BCUT2D eigenvalue weighted by atomic mass is 35.5. The van der Waals surface area contributed by atoms with Gasteiger partial charge in [0.2, 0.25) is 0 Å². The van der Waals surface area contributed by atoms with E-state index in [-0.39, 0.29) is 0 Å². The molecule has 0 radical (unpaired) electrons. The highest BCUT2D eigenvalue weighted by Gasteiger charge is 2.23. The Hall–Kier alpha value is -1.38. The van der Waals surface area contributed by atoms with Gasteiger partial charge in [0.1, 0.15) is 0 Å². The first kappa shape index (κ1) is 14.6. The highest BCUT2D eigenvalue weighted by molar-refractivity contribution is 6.31. The Morgan fingerprint density at radius 2 is 1.76 bits per heavy atom. The molecule has 1 atom stereocenters. The minimum absolute atomic E-state index is 0.314. The van der Waals surface area contributed by atoms with Crippen molar-refractivity contribution in [3.8, 4) is 0 Å². The molecule has 1 N–H and O–H groups in total. The molecule has 0 aromatic heterocycles. The normalized spacial score (nSPS) is 16.7. The van der Waals surface area contributed by atoms with Crippen LogP contribution in [0.3, 0.4) is 0 Å². The average Bonchev–Trinajstić information content (AvgIpc) is 2.81. The van der Waals surface area contributed by atoms with E-state index in [4.69, 9.17) is 23.2 Å². The van der Waals surface area contributed by atoms with Gasteiger partial charge >= 0.3 is 0 Å². The van der Waals surface area contributed by atoms with Crippen LogP contribution in [-0.2, 0) is 6.42 Å². The summed E-state index contributed by atoms with van der Waals surface area (Å²) in [6.07, 6.45) is 2.14. The van der Waals surface area contributed by atoms with Crippen molar-refractivity contribution in [2.24, 2.45) is 0 Å². The second kappa shape index (κ2) is 5.78. The molecule has 0 amide bonds. The molecular formula is C17H18Cl2N2. The number of hydrogen-bond acceptors (Lipinski definition) is 2. The highest BCUT2D eigenvalue weighted by Crippen LogP contribution is 2.38. The minimum Gasteiger partial charge on any atom is -0.377 e. The molecule has 2 aromatic rings. The zero-order chi connectivity index (χ0) is 15.0. The monoisotopic (exact) mass is 320 g/mol. The summed E-state index contributed by atoms with van der Waals surface area (Å²) in [7, 11) is 4.08. The molecule has 21 heavy (non-hydrogen) atoms. The number of benzene rings is 2. The molecule has 0 aliphatic heterocycles. The molecule has 0 saturated carbocycles. The number of nitrogens with zero attached hydrogens (tertiary/aromatic N) is 1. The summed E-state index contributed by atoms with van der Waals surface area (Å²) in [6.45, 7) is 0. The number of fused-ring (bicyclic) bond motifs is 1. The number of rotatable bonds is 3. The predicted molar refractivity (Wildman–Crippen MR) is 91.9 cm³/mol. The Morgan fingerprint density at radius 3 is 2.52 bits per heavy atom. The number of hydrogen-bond donors (Lipinski definition) is 1. The Morgan fingerprint density at radius 1 is 1.05 bits per heavy atom. The maximum atomic E-state index is 6.15. The van der Waals surface area contributed by atoms with Crippen molar-refractivity contribution in [2.75, 3.05) is 24.3 Å². The summed E-state index contributed by atoms with van der Waals surface area (Å²) >= 11 is 12.2. The third kappa shape index (κ3) is 2.97. The zero-order valence-electron chi connectivity index (χ0n) is 12.2. The van der Waals surface area contributed by atoms with Crippen molar-refractivity contribution in [3.05, 3.63) is 57.6 Å². The quantitative estimate of drug-likeness (QED) is 0.840. The lowest BCUT2D eigenvalue weighted by molar-refractivity contribution is 0.761. The van der Waals surface area contributed by atoms with Gasteiger partial charge in [0.25, 0.3) is 0 Å². The summed E-state index contributed by atoms with van der Waals surface area (Å²) in [5, 5.41) is 5.20. The van der Waals surface area contributed by atoms with Crippen LogP contribution < -0.4 is 10.2 Å². The maximum absolute atomic E-state index is 6.15. The average molecular weight is 321 g/mol. The second-order valence-corrected chi connectivity index (χ2v) is 6.51. The van der Waals surface area contributed by atoms with Gasteiger partial charge in [0, 0.05) is 24.1 Å². The smallest absolute Gasteiger partial charge is 0.0598 e. The molecule has 1 aliphatic rings. The number of anilines is 2. The van der Waals surface area contributed by atoms with Gasteiger partial charge in [0.15, 0.2) is 0 Å². The fourth-order valence-corrected chi connectivity index (χ4v) is 3.30. The van der Waals surface area contributed by atoms with Crippen molar-refractivity contribution in [3.63, 3.8) is 0 Å². The van der Waals surface area contributed by atoms with Gasteiger partial charge in [-0.3, -0.25) is 0 Å². The first-order chi connectivity index (χ1) is 10.0.